The molecule has 0 aliphatic heterocycles. The first kappa shape index (κ1) is 14.8. The third-order valence-corrected chi connectivity index (χ3v) is 3.74. The normalized spacial score (nSPS) is 11.0. The van der Waals surface area contributed by atoms with E-state index >= 15 is 0 Å². The predicted molar refractivity (Wildman–Crippen MR) is 87.4 cm³/mol. The summed E-state index contributed by atoms with van der Waals surface area (Å²) in [6.45, 7) is 9.16. The summed E-state index contributed by atoms with van der Waals surface area (Å²) in [5.74, 6) is 1.13. The van der Waals surface area contributed by atoms with Gasteiger partial charge in [-0.1, -0.05) is 12.1 Å². The van der Waals surface area contributed by atoms with Crippen molar-refractivity contribution in [2.24, 2.45) is 5.73 Å². The van der Waals surface area contributed by atoms with Gasteiger partial charge >= 0.3 is 0 Å². The summed E-state index contributed by atoms with van der Waals surface area (Å²) in [6, 6.07) is 8.75. The van der Waals surface area contributed by atoms with Crippen molar-refractivity contribution in [2.45, 2.75) is 33.6 Å². The average molecular weight is 271 g/mol. The molecule has 3 nitrogen and oxygen atoms in total. The van der Waals surface area contributed by atoms with Gasteiger partial charge in [0.15, 0.2) is 0 Å². The molecule has 0 fully saturated rings. The van der Waals surface area contributed by atoms with Crippen molar-refractivity contribution in [3.63, 3.8) is 0 Å². The molecule has 0 unspecified atom stereocenters. The molecule has 0 atom stereocenters. The topological polar surface area (TPSA) is 42.2 Å². The van der Waals surface area contributed by atoms with Gasteiger partial charge in [0.05, 0.1) is 5.52 Å². The van der Waals surface area contributed by atoms with Crippen LogP contribution in [0.25, 0.3) is 10.9 Å². The quantitative estimate of drug-likeness (QED) is 0.876. The molecule has 0 spiro atoms. The molecule has 1 heterocycles. The van der Waals surface area contributed by atoms with Gasteiger partial charge in [0, 0.05) is 18.5 Å². The second kappa shape index (κ2) is 6.71. The van der Waals surface area contributed by atoms with Gasteiger partial charge in [-0.15, -0.1) is 0 Å². The van der Waals surface area contributed by atoms with Gasteiger partial charge < -0.3 is 10.6 Å². The molecular formula is C17H25N3. The molecule has 108 valence electrons. The van der Waals surface area contributed by atoms with Gasteiger partial charge in [0.1, 0.15) is 5.82 Å². The van der Waals surface area contributed by atoms with Crippen LogP contribution in [0.5, 0.6) is 0 Å². The van der Waals surface area contributed by atoms with Crippen molar-refractivity contribution in [3.8, 4) is 0 Å². The van der Waals surface area contributed by atoms with Crippen molar-refractivity contribution in [1.29, 1.82) is 0 Å². The van der Waals surface area contributed by atoms with E-state index in [1.807, 2.05) is 0 Å². The summed E-state index contributed by atoms with van der Waals surface area (Å²) in [7, 11) is 0. The largest absolute Gasteiger partial charge is 0.357 e. The first-order chi connectivity index (χ1) is 9.69. The fourth-order valence-electron chi connectivity index (χ4n) is 2.58. The molecule has 0 bridgehead atoms. The lowest BCUT2D eigenvalue weighted by molar-refractivity contribution is 0.800. The standard InChI is InChI=1S/C17H25N3/c1-4-20(5-2)17-15(7-6-10-18)12-14-9-8-13(3)11-16(14)19-17/h8-9,11-12H,4-7,10,18H2,1-3H3. The lowest BCUT2D eigenvalue weighted by Crippen LogP contribution is -2.24. The molecule has 0 radical (unpaired) electrons. The number of benzene rings is 1. The Balaban J connectivity index is 2.53. The number of anilines is 1. The lowest BCUT2D eigenvalue weighted by Gasteiger charge is -2.23. The van der Waals surface area contributed by atoms with E-state index in [-0.39, 0.29) is 0 Å². The molecule has 2 N–H and O–H groups in total. The van der Waals surface area contributed by atoms with E-state index in [9.17, 15) is 0 Å². The van der Waals surface area contributed by atoms with Crippen molar-refractivity contribution in [3.05, 3.63) is 35.4 Å². The van der Waals surface area contributed by atoms with Crippen molar-refractivity contribution < 1.29 is 0 Å². The number of nitrogens with two attached hydrogens (primary N) is 1. The summed E-state index contributed by atoms with van der Waals surface area (Å²) < 4.78 is 0. The fourth-order valence-corrected chi connectivity index (χ4v) is 2.58. The molecule has 2 aromatic rings. The summed E-state index contributed by atoms with van der Waals surface area (Å²) >= 11 is 0. The second-order valence-electron chi connectivity index (χ2n) is 5.23. The highest BCUT2D eigenvalue weighted by Gasteiger charge is 2.12. The number of aryl methyl sites for hydroxylation is 2. The Kier molecular flexibility index (Phi) is 4.96. The monoisotopic (exact) mass is 271 g/mol. The van der Waals surface area contributed by atoms with Crippen LogP contribution in [-0.2, 0) is 6.42 Å². The molecule has 0 aliphatic carbocycles. The van der Waals surface area contributed by atoms with Crippen molar-refractivity contribution in [1.82, 2.24) is 4.98 Å². The minimum atomic E-state index is 0.726. The summed E-state index contributed by atoms with van der Waals surface area (Å²) in [6.07, 6.45) is 2.01. The molecular weight excluding hydrogens is 246 g/mol. The highest BCUT2D eigenvalue weighted by atomic mass is 15.2. The van der Waals surface area contributed by atoms with Crippen molar-refractivity contribution in [2.75, 3.05) is 24.5 Å². The van der Waals surface area contributed by atoms with Gasteiger partial charge in [0.2, 0.25) is 0 Å². The molecule has 0 saturated heterocycles. The van der Waals surface area contributed by atoms with Gasteiger partial charge in [0.25, 0.3) is 0 Å². The lowest BCUT2D eigenvalue weighted by atomic mass is 10.1. The zero-order valence-electron chi connectivity index (χ0n) is 12.8. The first-order valence-electron chi connectivity index (χ1n) is 7.54. The fraction of sp³-hybridized carbons (Fsp3) is 0.471. The Hall–Kier alpha value is -1.61. The Labute approximate surface area is 121 Å². The van der Waals surface area contributed by atoms with E-state index in [0.717, 1.165) is 43.8 Å². The minimum Gasteiger partial charge on any atom is -0.357 e. The van der Waals surface area contributed by atoms with Crippen LogP contribution in [0.3, 0.4) is 0 Å². The van der Waals surface area contributed by atoms with Gasteiger partial charge in [-0.3, -0.25) is 0 Å². The van der Waals surface area contributed by atoms with Gasteiger partial charge in [-0.05, 0) is 63.4 Å². The smallest absolute Gasteiger partial charge is 0.132 e. The van der Waals surface area contributed by atoms with Crippen molar-refractivity contribution >= 4 is 16.7 Å². The first-order valence-corrected chi connectivity index (χ1v) is 7.54. The van der Waals surface area contributed by atoms with Gasteiger partial charge in [-0.25, -0.2) is 4.98 Å². The number of fused-ring (bicyclic) bond motifs is 1. The second-order valence-corrected chi connectivity index (χ2v) is 5.23. The van der Waals surface area contributed by atoms with E-state index < -0.39 is 0 Å². The van der Waals surface area contributed by atoms with E-state index in [1.165, 1.54) is 16.5 Å². The molecule has 20 heavy (non-hydrogen) atoms. The van der Waals surface area contributed by atoms with Crippen LogP contribution >= 0.6 is 0 Å². The van der Waals surface area contributed by atoms with Crippen LogP contribution in [0, 0.1) is 6.92 Å². The van der Waals surface area contributed by atoms with Crippen LogP contribution in [0.2, 0.25) is 0 Å². The van der Waals surface area contributed by atoms with E-state index in [1.54, 1.807) is 0 Å². The maximum absolute atomic E-state index is 5.67. The van der Waals surface area contributed by atoms with E-state index in [0.29, 0.717) is 0 Å². The number of hydrogen-bond acceptors (Lipinski definition) is 3. The predicted octanol–water partition coefficient (Wildman–Crippen LogP) is 3.28. The van der Waals surface area contributed by atoms with Crippen LogP contribution in [0.4, 0.5) is 5.82 Å². The molecule has 0 aliphatic rings. The number of pyridine rings is 1. The zero-order chi connectivity index (χ0) is 14.5. The molecule has 1 aromatic heterocycles. The minimum absolute atomic E-state index is 0.726. The van der Waals surface area contributed by atoms with Gasteiger partial charge in [-0.2, -0.15) is 0 Å². The van der Waals surface area contributed by atoms with Crippen LogP contribution in [-0.4, -0.2) is 24.6 Å². The highest BCUT2D eigenvalue weighted by Crippen LogP contribution is 2.25. The van der Waals surface area contributed by atoms with Crippen LogP contribution < -0.4 is 10.6 Å². The maximum Gasteiger partial charge on any atom is 0.132 e. The Morgan fingerprint density at radius 3 is 2.55 bits per heavy atom. The summed E-state index contributed by atoms with van der Waals surface area (Å²) in [5, 5.41) is 1.22. The highest BCUT2D eigenvalue weighted by molar-refractivity contribution is 5.82. The van der Waals surface area contributed by atoms with E-state index in [2.05, 4.69) is 49.9 Å². The zero-order valence-corrected chi connectivity index (χ0v) is 12.8. The number of nitrogens with zero attached hydrogens (tertiary/aromatic N) is 2. The Morgan fingerprint density at radius 2 is 1.90 bits per heavy atom. The molecule has 0 saturated carbocycles. The maximum atomic E-state index is 5.67. The molecule has 0 amide bonds. The number of aromatic nitrogens is 1. The third kappa shape index (κ3) is 3.10. The van der Waals surface area contributed by atoms with E-state index in [4.69, 9.17) is 10.7 Å². The summed E-state index contributed by atoms with van der Waals surface area (Å²) in [5.41, 5.74) is 9.32. The van der Waals surface area contributed by atoms with Crippen LogP contribution in [0.1, 0.15) is 31.4 Å². The molecule has 3 heteroatoms. The Bertz CT molecular complexity index is 574. The molecule has 2 rings (SSSR count). The Morgan fingerprint density at radius 1 is 1.15 bits per heavy atom. The number of hydrogen-bond donors (Lipinski definition) is 1. The third-order valence-electron chi connectivity index (χ3n) is 3.74. The molecule has 1 aromatic carbocycles. The SMILES string of the molecule is CCN(CC)c1nc2cc(C)ccc2cc1CCCN. The van der Waals surface area contributed by atoms with Crippen LogP contribution in [0.15, 0.2) is 24.3 Å². The average Bonchev–Trinajstić information content (AvgIpc) is 2.46. The summed E-state index contributed by atoms with van der Waals surface area (Å²) in [4.78, 5) is 7.24. The number of rotatable bonds is 6.